The van der Waals surface area contributed by atoms with Crippen molar-refractivity contribution >= 4 is 11.8 Å². The average molecular weight is 282 g/mol. The van der Waals surface area contributed by atoms with Gasteiger partial charge in [-0.15, -0.1) is 0 Å². The van der Waals surface area contributed by atoms with Crippen molar-refractivity contribution in [1.29, 1.82) is 0 Å². The van der Waals surface area contributed by atoms with Crippen molar-refractivity contribution in [2.45, 2.75) is 27.2 Å². The first-order valence-corrected chi connectivity index (χ1v) is 7.43. The number of carbonyl (C=O) groups excluding carboxylic acids is 2. The Balaban J connectivity index is 2.13. The number of rotatable bonds is 3. The van der Waals surface area contributed by atoms with Gasteiger partial charge in [0.25, 0.3) is 0 Å². The van der Waals surface area contributed by atoms with Crippen LogP contribution in [0.15, 0.2) is 0 Å². The summed E-state index contributed by atoms with van der Waals surface area (Å²) in [5.74, 6) is 0.715. The van der Waals surface area contributed by atoms with Crippen molar-refractivity contribution in [2.75, 3.05) is 39.9 Å². The normalized spacial score (nSPS) is 29.8. The Hall–Kier alpha value is -1.10. The zero-order valence-electron chi connectivity index (χ0n) is 13.0. The maximum absolute atomic E-state index is 12.2. The molecule has 0 bridgehead atoms. The standard InChI is InChI=1S/C15H26N2O3/c1-11(2)14(19)16-6-5-15(10-20-4)9-17(12(3)18)8-13(15)7-16/h11,13H,5-10H2,1-4H3/t13-,15+/m1/s1. The van der Waals surface area contributed by atoms with Crippen LogP contribution in [0.3, 0.4) is 0 Å². The van der Waals surface area contributed by atoms with E-state index in [-0.39, 0.29) is 23.1 Å². The summed E-state index contributed by atoms with van der Waals surface area (Å²) in [6.45, 7) is 9.23. The fraction of sp³-hybridized carbons (Fsp3) is 0.867. The van der Waals surface area contributed by atoms with E-state index in [1.807, 2.05) is 23.6 Å². The number of fused-ring (bicyclic) bond motifs is 1. The number of methoxy groups -OCH3 is 1. The number of hydrogen-bond donors (Lipinski definition) is 0. The Morgan fingerprint density at radius 1 is 1.30 bits per heavy atom. The number of piperidine rings is 1. The molecule has 0 saturated carbocycles. The molecule has 2 aliphatic rings. The van der Waals surface area contributed by atoms with Gasteiger partial charge in [-0.25, -0.2) is 0 Å². The molecular formula is C15H26N2O3. The van der Waals surface area contributed by atoms with Crippen molar-refractivity contribution < 1.29 is 14.3 Å². The van der Waals surface area contributed by atoms with Crippen LogP contribution < -0.4 is 0 Å². The smallest absolute Gasteiger partial charge is 0.225 e. The highest BCUT2D eigenvalue weighted by Crippen LogP contribution is 2.43. The maximum atomic E-state index is 12.2. The number of carbonyl (C=O) groups is 2. The molecule has 20 heavy (non-hydrogen) atoms. The second kappa shape index (κ2) is 5.72. The Morgan fingerprint density at radius 3 is 2.50 bits per heavy atom. The van der Waals surface area contributed by atoms with Crippen LogP contribution in [0.1, 0.15) is 27.2 Å². The van der Waals surface area contributed by atoms with Crippen LogP contribution in [0.5, 0.6) is 0 Å². The highest BCUT2D eigenvalue weighted by molar-refractivity contribution is 5.78. The molecule has 0 aromatic carbocycles. The minimum Gasteiger partial charge on any atom is -0.384 e. The van der Waals surface area contributed by atoms with Gasteiger partial charge < -0.3 is 14.5 Å². The number of ether oxygens (including phenoxy) is 1. The molecule has 0 N–H and O–H groups in total. The highest BCUT2D eigenvalue weighted by Gasteiger charge is 2.50. The van der Waals surface area contributed by atoms with Crippen molar-refractivity contribution in [2.24, 2.45) is 17.3 Å². The fourth-order valence-electron chi connectivity index (χ4n) is 3.61. The summed E-state index contributed by atoms with van der Waals surface area (Å²) in [6.07, 6.45) is 0.924. The van der Waals surface area contributed by atoms with Gasteiger partial charge in [-0.05, 0) is 6.42 Å². The lowest BCUT2D eigenvalue weighted by Crippen LogP contribution is -2.51. The summed E-state index contributed by atoms with van der Waals surface area (Å²) in [7, 11) is 1.72. The zero-order chi connectivity index (χ0) is 14.9. The second-order valence-corrected chi connectivity index (χ2v) is 6.58. The van der Waals surface area contributed by atoms with Crippen LogP contribution in [-0.4, -0.2) is 61.5 Å². The van der Waals surface area contributed by atoms with E-state index in [0.717, 1.165) is 32.6 Å². The minimum atomic E-state index is 0.0359. The van der Waals surface area contributed by atoms with Crippen molar-refractivity contribution in [1.82, 2.24) is 9.80 Å². The molecule has 0 spiro atoms. The molecule has 0 radical (unpaired) electrons. The first-order chi connectivity index (χ1) is 9.39. The Bertz CT molecular complexity index is 397. The monoisotopic (exact) mass is 282 g/mol. The third-order valence-electron chi connectivity index (χ3n) is 4.82. The van der Waals surface area contributed by atoms with Crippen LogP contribution >= 0.6 is 0 Å². The van der Waals surface area contributed by atoms with E-state index in [0.29, 0.717) is 12.5 Å². The van der Waals surface area contributed by atoms with Gasteiger partial charge in [0.05, 0.1) is 6.61 Å². The van der Waals surface area contributed by atoms with Gasteiger partial charge in [0.15, 0.2) is 0 Å². The molecule has 5 nitrogen and oxygen atoms in total. The number of hydrogen-bond acceptors (Lipinski definition) is 3. The summed E-state index contributed by atoms with van der Waals surface area (Å²) >= 11 is 0. The topological polar surface area (TPSA) is 49.9 Å². The Kier molecular flexibility index (Phi) is 4.37. The van der Waals surface area contributed by atoms with E-state index >= 15 is 0 Å². The molecule has 5 heteroatoms. The molecule has 0 aromatic rings. The molecule has 2 fully saturated rings. The third-order valence-corrected chi connectivity index (χ3v) is 4.82. The number of likely N-dealkylation sites (tertiary alicyclic amines) is 2. The SMILES string of the molecule is COC[C@@]12CCN(C(=O)C(C)C)C[C@@H]1CN(C(C)=O)C2. The van der Waals surface area contributed by atoms with Gasteiger partial charge in [-0.1, -0.05) is 13.8 Å². The number of amides is 2. The summed E-state index contributed by atoms with van der Waals surface area (Å²) in [6, 6.07) is 0. The molecule has 2 rings (SSSR count). The summed E-state index contributed by atoms with van der Waals surface area (Å²) in [4.78, 5) is 27.7. The minimum absolute atomic E-state index is 0.0359. The predicted octanol–water partition coefficient (Wildman–Crippen LogP) is 0.986. The fourth-order valence-corrected chi connectivity index (χ4v) is 3.61. The Labute approximate surface area is 121 Å². The largest absolute Gasteiger partial charge is 0.384 e. The van der Waals surface area contributed by atoms with Gasteiger partial charge >= 0.3 is 0 Å². The average Bonchev–Trinajstić information content (AvgIpc) is 2.76. The van der Waals surface area contributed by atoms with Gasteiger partial charge in [0.1, 0.15) is 0 Å². The number of nitrogens with zero attached hydrogens (tertiary/aromatic N) is 2. The maximum Gasteiger partial charge on any atom is 0.225 e. The van der Waals surface area contributed by atoms with Crippen molar-refractivity contribution in [3.8, 4) is 0 Å². The van der Waals surface area contributed by atoms with Crippen LogP contribution in [0, 0.1) is 17.3 Å². The van der Waals surface area contributed by atoms with E-state index in [4.69, 9.17) is 4.74 Å². The van der Waals surface area contributed by atoms with E-state index in [9.17, 15) is 9.59 Å². The van der Waals surface area contributed by atoms with E-state index < -0.39 is 0 Å². The second-order valence-electron chi connectivity index (χ2n) is 6.58. The molecule has 0 unspecified atom stereocenters. The van der Waals surface area contributed by atoms with Crippen molar-refractivity contribution in [3.05, 3.63) is 0 Å². The molecule has 114 valence electrons. The molecule has 0 aromatic heterocycles. The zero-order valence-corrected chi connectivity index (χ0v) is 13.0. The first-order valence-electron chi connectivity index (χ1n) is 7.43. The molecule has 2 atom stereocenters. The van der Waals surface area contributed by atoms with E-state index in [1.54, 1.807) is 14.0 Å². The van der Waals surface area contributed by atoms with Gasteiger partial charge in [-0.3, -0.25) is 9.59 Å². The molecule has 2 amide bonds. The van der Waals surface area contributed by atoms with Gasteiger partial charge in [-0.2, -0.15) is 0 Å². The molecule has 0 aliphatic carbocycles. The van der Waals surface area contributed by atoms with Crippen LogP contribution in [0.2, 0.25) is 0 Å². The predicted molar refractivity (Wildman–Crippen MR) is 76.1 cm³/mol. The van der Waals surface area contributed by atoms with Gasteiger partial charge in [0.2, 0.25) is 11.8 Å². The third kappa shape index (κ3) is 2.68. The van der Waals surface area contributed by atoms with Crippen LogP contribution in [0.25, 0.3) is 0 Å². The van der Waals surface area contributed by atoms with Gasteiger partial charge in [0, 0.05) is 57.5 Å². The van der Waals surface area contributed by atoms with Crippen LogP contribution in [-0.2, 0) is 14.3 Å². The lowest BCUT2D eigenvalue weighted by atomic mass is 9.73. The summed E-state index contributed by atoms with van der Waals surface area (Å²) in [5, 5.41) is 0. The lowest BCUT2D eigenvalue weighted by molar-refractivity contribution is -0.139. The molecule has 2 saturated heterocycles. The van der Waals surface area contributed by atoms with E-state index in [2.05, 4.69) is 0 Å². The molecular weight excluding hydrogens is 256 g/mol. The lowest BCUT2D eigenvalue weighted by Gasteiger charge is -2.43. The quantitative estimate of drug-likeness (QED) is 0.775. The van der Waals surface area contributed by atoms with Crippen LogP contribution in [0.4, 0.5) is 0 Å². The van der Waals surface area contributed by atoms with Crippen molar-refractivity contribution in [3.63, 3.8) is 0 Å². The highest BCUT2D eigenvalue weighted by atomic mass is 16.5. The summed E-state index contributed by atoms with van der Waals surface area (Å²) < 4.78 is 5.42. The molecule has 2 heterocycles. The van der Waals surface area contributed by atoms with E-state index in [1.165, 1.54) is 0 Å². The molecule has 2 aliphatic heterocycles. The Morgan fingerprint density at radius 2 is 1.95 bits per heavy atom. The first kappa shape index (κ1) is 15.3. The summed E-state index contributed by atoms with van der Waals surface area (Å²) in [5.41, 5.74) is 0.0359.